The Labute approximate surface area is 239 Å². The lowest BCUT2D eigenvalue weighted by Crippen LogP contribution is -2.61. The van der Waals surface area contributed by atoms with Gasteiger partial charge < -0.3 is 54.3 Å². The number of hydrogen-bond donors (Lipinski definition) is 6. The number of aromatic hydroxyl groups is 3. The zero-order valence-corrected chi connectivity index (χ0v) is 22.1. The van der Waals surface area contributed by atoms with E-state index >= 15 is 0 Å². The predicted octanol–water partition coefficient (Wildman–Crippen LogP) is 1.06. The lowest BCUT2D eigenvalue weighted by Gasteiger charge is -2.44. The molecule has 42 heavy (non-hydrogen) atoms. The van der Waals surface area contributed by atoms with Crippen LogP contribution in [0.1, 0.15) is 16.8 Å². The second-order valence-electron chi connectivity index (χ2n) is 10.1. The maximum atomic E-state index is 13.5. The average Bonchev–Trinajstić information content (AvgIpc) is 2.96. The summed E-state index contributed by atoms with van der Waals surface area (Å²) in [6, 6.07) is 7.77. The Bertz CT molecular complexity index is 1390. The third-order valence-corrected chi connectivity index (χ3v) is 7.48. The van der Waals surface area contributed by atoms with Crippen LogP contribution in [0.4, 0.5) is 0 Å². The second kappa shape index (κ2) is 12.0. The van der Waals surface area contributed by atoms with Crippen LogP contribution in [0.3, 0.4) is 0 Å². The molecule has 0 radical (unpaired) electrons. The number of phenolic OH excluding ortho intramolecular Hbond substituents is 3. The highest BCUT2D eigenvalue weighted by Gasteiger charge is 2.50. The Hall–Kier alpha value is -4.14. The molecule has 0 aliphatic carbocycles. The largest absolute Gasteiger partial charge is 0.508 e. The van der Waals surface area contributed by atoms with E-state index in [0.717, 1.165) is 6.07 Å². The highest BCUT2D eigenvalue weighted by atomic mass is 16.8. The molecule has 5 rings (SSSR count). The molecule has 3 aliphatic rings. The normalized spacial score (nSPS) is 30.7. The van der Waals surface area contributed by atoms with Gasteiger partial charge in [0.05, 0.1) is 25.0 Å². The zero-order valence-electron chi connectivity index (χ0n) is 22.1. The van der Waals surface area contributed by atoms with E-state index in [1.54, 1.807) is 0 Å². The summed E-state index contributed by atoms with van der Waals surface area (Å²) in [6.45, 7) is 3.27. The van der Waals surface area contributed by atoms with Gasteiger partial charge in [0.15, 0.2) is 6.10 Å². The van der Waals surface area contributed by atoms with Crippen LogP contribution >= 0.6 is 0 Å². The van der Waals surface area contributed by atoms with Crippen LogP contribution < -0.4 is 0 Å². The molecule has 0 amide bonds. The molecule has 13 nitrogen and oxygen atoms in total. The molecule has 3 heterocycles. The molecule has 0 aromatic heterocycles. The molecule has 0 bridgehead atoms. The third-order valence-electron chi connectivity index (χ3n) is 7.48. The lowest BCUT2D eigenvalue weighted by atomic mass is 9.81. The number of aliphatic hydroxyl groups is 3. The summed E-state index contributed by atoms with van der Waals surface area (Å²) in [5.41, 5.74) is 0.119. The Morgan fingerprint density at radius 1 is 1.07 bits per heavy atom. The minimum absolute atomic E-state index is 0.00458. The summed E-state index contributed by atoms with van der Waals surface area (Å²) in [5, 5.41) is 61.9. The van der Waals surface area contributed by atoms with Crippen molar-refractivity contribution < 1.29 is 63.9 Å². The second-order valence-corrected chi connectivity index (χ2v) is 10.1. The smallest absolute Gasteiger partial charge is 0.343 e. The van der Waals surface area contributed by atoms with Crippen LogP contribution in [0.2, 0.25) is 0 Å². The Balaban J connectivity index is 1.46. The molecule has 3 unspecified atom stereocenters. The molecule has 2 saturated heterocycles. The monoisotopic (exact) mass is 586 g/mol. The number of carbonyl (C=O) groups is 2. The van der Waals surface area contributed by atoms with E-state index in [2.05, 4.69) is 6.58 Å². The van der Waals surface area contributed by atoms with Crippen LogP contribution in [0, 0.1) is 11.8 Å². The number of cyclic esters (lactones) is 1. The molecule has 2 aromatic carbocycles. The average molecular weight is 587 g/mol. The maximum Gasteiger partial charge on any atom is 0.343 e. The van der Waals surface area contributed by atoms with Crippen LogP contribution in [-0.2, 0) is 28.5 Å². The van der Waals surface area contributed by atoms with Crippen LogP contribution in [0.5, 0.6) is 17.2 Å². The standard InChI is InChI=1S/C29H30O13/c1-2-16-17-6-7-38-26(36)19(17)12-39-28(16)42-29-25(24(35)23(34)21(11-30)40-29)41-27(37)22-18(9-15(32)10-20(22)33)13-4-3-5-14(31)8-13/h2-5,8-10,12,16-17,21,23-25,28-35H,1,6-7,11H2/t16?,17?,21-,23-,24+,25-,28?,29+/m1/s1. The van der Waals surface area contributed by atoms with Crippen molar-refractivity contribution in [3.63, 3.8) is 0 Å². The first-order valence-electron chi connectivity index (χ1n) is 13.1. The molecular formula is C29H30O13. The molecule has 8 atom stereocenters. The van der Waals surface area contributed by atoms with Gasteiger partial charge in [-0.25, -0.2) is 9.59 Å². The topological polar surface area (TPSA) is 202 Å². The highest BCUT2D eigenvalue weighted by molar-refractivity contribution is 6.00. The molecule has 6 N–H and O–H groups in total. The van der Waals surface area contributed by atoms with Gasteiger partial charge >= 0.3 is 11.9 Å². The quantitative estimate of drug-likeness (QED) is 0.199. The van der Waals surface area contributed by atoms with Crippen molar-refractivity contribution in [3.05, 3.63) is 66.5 Å². The maximum absolute atomic E-state index is 13.5. The van der Waals surface area contributed by atoms with E-state index in [1.807, 2.05) is 0 Å². The molecule has 2 fully saturated rings. The first-order chi connectivity index (χ1) is 20.1. The summed E-state index contributed by atoms with van der Waals surface area (Å²) in [4.78, 5) is 25.7. The highest BCUT2D eigenvalue weighted by Crippen LogP contribution is 2.40. The van der Waals surface area contributed by atoms with Crippen molar-refractivity contribution in [2.75, 3.05) is 13.2 Å². The number of ether oxygens (including phenoxy) is 5. The van der Waals surface area contributed by atoms with Gasteiger partial charge in [-0.3, -0.25) is 0 Å². The van der Waals surface area contributed by atoms with E-state index in [-0.39, 0.29) is 35.2 Å². The van der Waals surface area contributed by atoms with Crippen molar-refractivity contribution in [3.8, 4) is 28.4 Å². The van der Waals surface area contributed by atoms with Gasteiger partial charge in [-0.2, -0.15) is 0 Å². The van der Waals surface area contributed by atoms with Gasteiger partial charge in [0.25, 0.3) is 0 Å². The van der Waals surface area contributed by atoms with Crippen molar-refractivity contribution >= 4 is 11.9 Å². The van der Waals surface area contributed by atoms with Crippen LogP contribution in [0.25, 0.3) is 11.1 Å². The fourth-order valence-corrected chi connectivity index (χ4v) is 5.36. The fraction of sp³-hybridized carbons (Fsp3) is 0.379. The van der Waals surface area contributed by atoms with Crippen molar-refractivity contribution in [2.45, 2.75) is 43.4 Å². The van der Waals surface area contributed by atoms with Gasteiger partial charge in [-0.1, -0.05) is 18.2 Å². The minimum atomic E-state index is -1.82. The molecule has 0 saturated carbocycles. The first-order valence-corrected chi connectivity index (χ1v) is 13.1. The Kier molecular flexibility index (Phi) is 8.38. The minimum Gasteiger partial charge on any atom is -0.508 e. The Morgan fingerprint density at radius 2 is 1.86 bits per heavy atom. The van der Waals surface area contributed by atoms with E-state index in [4.69, 9.17) is 23.7 Å². The summed E-state index contributed by atoms with van der Waals surface area (Å²) in [5.74, 6) is -3.88. The number of phenols is 3. The lowest BCUT2D eigenvalue weighted by molar-refractivity contribution is -0.338. The molecule has 13 heteroatoms. The van der Waals surface area contributed by atoms with Gasteiger partial charge in [0.2, 0.25) is 12.6 Å². The molecule has 0 spiro atoms. The molecule has 224 valence electrons. The van der Waals surface area contributed by atoms with Crippen LogP contribution in [-0.4, -0.2) is 92.8 Å². The van der Waals surface area contributed by atoms with E-state index in [9.17, 15) is 40.2 Å². The number of benzene rings is 2. The van der Waals surface area contributed by atoms with Gasteiger partial charge in [0, 0.05) is 23.5 Å². The SMILES string of the molecule is C=CC1C(O[C@@H]2O[C@H](CO)[C@@H](O)[C@H](O)[C@H]2OC(=O)c2c(O)cc(O)cc2-c2cccc(O)c2)OC=C2C(=O)OCCC21. The van der Waals surface area contributed by atoms with Gasteiger partial charge in [-0.05, 0) is 30.2 Å². The Morgan fingerprint density at radius 3 is 2.57 bits per heavy atom. The zero-order chi connectivity index (χ0) is 30.1. The van der Waals surface area contributed by atoms with Gasteiger partial charge in [-0.15, -0.1) is 6.58 Å². The number of rotatable bonds is 7. The van der Waals surface area contributed by atoms with E-state index in [1.165, 1.54) is 42.7 Å². The number of hydrogen-bond acceptors (Lipinski definition) is 13. The van der Waals surface area contributed by atoms with Crippen molar-refractivity contribution in [1.82, 2.24) is 0 Å². The number of esters is 2. The number of fused-ring (bicyclic) bond motifs is 1. The van der Waals surface area contributed by atoms with Gasteiger partial charge in [0.1, 0.15) is 41.1 Å². The molecular weight excluding hydrogens is 556 g/mol. The van der Waals surface area contributed by atoms with Crippen molar-refractivity contribution in [1.29, 1.82) is 0 Å². The third kappa shape index (κ3) is 5.52. The first kappa shape index (κ1) is 29.4. The predicted molar refractivity (Wildman–Crippen MR) is 141 cm³/mol. The molecule has 2 aromatic rings. The number of aliphatic hydroxyl groups excluding tert-OH is 3. The summed E-state index contributed by atoms with van der Waals surface area (Å²) >= 11 is 0. The van der Waals surface area contributed by atoms with Crippen LogP contribution in [0.15, 0.2) is 60.9 Å². The van der Waals surface area contributed by atoms with E-state index < -0.39 is 72.8 Å². The summed E-state index contributed by atoms with van der Waals surface area (Å²) in [6.07, 6.45) is -6.13. The van der Waals surface area contributed by atoms with E-state index in [0.29, 0.717) is 12.0 Å². The number of carbonyl (C=O) groups excluding carboxylic acids is 2. The fourth-order valence-electron chi connectivity index (χ4n) is 5.36. The summed E-state index contributed by atoms with van der Waals surface area (Å²) < 4.78 is 27.9. The van der Waals surface area contributed by atoms with Crippen molar-refractivity contribution in [2.24, 2.45) is 11.8 Å². The molecule has 3 aliphatic heterocycles. The summed E-state index contributed by atoms with van der Waals surface area (Å²) in [7, 11) is 0.